The molecule has 0 heterocycles. The molecule has 0 aromatic heterocycles. The lowest BCUT2D eigenvalue weighted by Crippen LogP contribution is -2.70. The van der Waals surface area contributed by atoms with Gasteiger partial charge in [0.05, 0.1) is 11.6 Å². The molecule has 2 aromatic carbocycles. The van der Waals surface area contributed by atoms with Gasteiger partial charge >= 0.3 is 12.7 Å². The number of fused-ring (bicyclic) bond motifs is 3. The number of rotatable bonds is 10. The summed E-state index contributed by atoms with van der Waals surface area (Å²) in [6, 6.07) is 9.12. The van der Waals surface area contributed by atoms with E-state index >= 15 is 0 Å². The van der Waals surface area contributed by atoms with Crippen LogP contribution in [0.15, 0.2) is 48.5 Å². The van der Waals surface area contributed by atoms with Crippen molar-refractivity contribution in [3.05, 3.63) is 48.5 Å². The third-order valence-corrected chi connectivity index (χ3v) is 6.97. The maximum Gasteiger partial charge on any atom is 0.573 e. The van der Waals surface area contributed by atoms with E-state index < -0.39 is 66.4 Å². The molecule has 5 rings (SSSR count). The van der Waals surface area contributed by atoms with Gasteiger partial charge in [-0.1, -0.05) is 0 Å². The van der Waals surface area contributed by atoms with Crippen LogP contribution in [0.3, 0.4) is 0 Å². The number of carbonyl (C=O) groups excluding carboxylic acids is 2. The van der Waals surface area contributed by atoms with Crippen molar-refractivity contribution >= 4 is 11.8 Å². The minimum atomic E-state index is -4.83. The molecule has 0 saturated heterocycles. The molecule has 3 aliphatic rings. The summed E-state index contributed by atoms with van der Waals surface area (Å²) >= 11 is 0. The van der Waals surface area contributed by atoms with Gasteiger partial charge in [-0.3, -0.25) is 9.59 Å². The van der Waals surface area contributed by atoms with E-state index in [1.807, 2.05) is 0 Å². The van der Waals surface area contributed by atoms with E-state index in [4.69, 9.17) is 9.47 Å². The van der Waals surface area contributed by atoms with Crippen molar-refractivity contribution in [2.75, 3.05) is 13.2 Å². The summed E-state index contributed by atoms with van der Waals surface area (Å²) in [6.07, 6.45) is -8.81. The van der Waals surface area contributed by atoms with Crippen LogP contribution in [0, 0.1) is 0 Å². The van der Waals surface area contributed by atoms with Crippen molar-refractivity contribution in [2.24, 2.45) is 0 Å². The monoisotopic (exact) mass is 592 g/mol. The fourth-order valence-corrected chi connectivity index (χ4v) is 5.08. The van der Waals surface area contributed by atoms with E-state index in [9.17, 15) is 41.0 Å². The second-order valence-corrected chi connectivity index (χ2v) is 9.87. The van der Waals surface area contributed by atoms with Crippen LogP contribution >= 0.6 is 0 Å². The molecule has 1 atom stereocenters. The normalized spacial score (nSPS) is 23.8. The van der Waals surface area contributed by atoms with Crippen LogP contribution in [-0.2, 0) is 9.59 Å². The average molecular weight is 592 g/mol. The lowest BCUT2D eigenvalue weighted by molar-refractivity contribution is -0.275. The number of carbonyl (C=O) groups is 2. The first-order valence-electron chi connectivity index (χ1n) is 12.4. The number of amides is 2. The minimum Gasteiger partial charge on any atom is -0.484 e. The molecule has 0 spiro atoms. The Labute approximate surface area is 229 Å². The SMILES string of the molecule is O=C(COc1ccc(OC(F)(F)F)cc1)NC12CCC(NC(=O)COc3ccc(OC(F)(F)F)cc3)(CC1)[C@H](O)C2. The number of ether oxygens (including phenoxy) is 4. The summed E-state index contributed by atoms with van der Waals surface area (Å²) in [4.78, 5) is 25.1. The third kappa shape index (κ3) is 8.31. The molecular weight excluding hydrogens is 566 g/mol. The van der Waals surface area contributed by atoms with E-state index in [1.165, 1.54) is 24.3 Å². The third-order valence-electron chi connectivity index (χ3n) is 6.97. The van der Waals surface area contributed by atoms with Crippen molar-refractivity contribution in [1.82, 2.24) is 10.6 Å². The highest BCUT2D eigenvalue weighted by atomic mass is 19.4. The number of hydrogen-bond donors (Lipinski definition) is 3. The first-order valence-corrected chi connectivity index (χ1v) is 12.4. The molecule has 2 amide bonds. The van der Waals surface area contributed by atoms with E-state index in [-0.39, 0.29) is 17.9 Å². The molecule has 3 aliphatic carbocycles. The summed E-state index contributed by atoms with van der Waals surface area (Å²) in [5.41, 5.74) is -1.64. The second kappa shape index (κ2) is 11.5. The van der Waals surface area contributed by atoms with Gasteiger partial charge in [0.2, 0.25) is 0 Å². The van der Waals surface area contributed by atoms with Crippen LogP contribution in [0.4, 0.5) is 26.3 Å². The van der Waals surface area contributed by atoms with Gasteiger partial charge in [0.1, 0.15) is 23.0 Å². The Morgan fingerprint density at radius 2 is 1.10 bits per heavy atom. The van der Waals surface area contributed by atoms with Crippen LogP contribution in [0.1, 0.15) is 32.1 Å². The van der Waals surface area contributed by atoms with Crippen molar-refractivity contribution in [3.8, 4) is 23.0 Å². The smallest absolute Gasteiger partial charge is 0.484 e. The summed E-state index contributed by atoms with van der Waals surface area (Å²) in [6.45, 7) is -0.837. The van der Waals surface area contributed by atoms with Gasteiger partial charge in [-0.05, 0) is 80.6 Å². The molecule has 224 valence electrons. The second-order valence-electron chi connectivity index (χ2n) is 9.87. The number of nitrogens with one attached hydrogen (secondary N) is 2. The molecule has 2 bridgehead atoms. The highest BCUT2D eigenvalue weighted by Gasteiger charge is 2.55. The quantitative estimate of drug-likeness (QED) is 0.358. The molecule has 3 N–H and O–H groups in total. The first kappa shape index (κ1) is 30.1. The van der Waals surface area contributed by atoms with Gasteiger partial charge < -0.3 is 34.7 Å². The van der Waals surface area contributed by atoms with Crippen LogP contribution in [0.5, 0.6) is 23.0 Å². The Morgan fingerprint density at radius 3 is 1.49 bits per heavy atom. The maximum atomic E-state index is 12.6. The molecule has 15 heteroatoms. The zero-order valence-electron chi connectivity index (χ0n) is 21.3. The summed E-state index contributed by atoms with van der Waals surface area (Å²) in [5.74, 6) is -1.56. The average Bonchev–Trinajstić information content (AvgIpc) is 2.87. The molecule has 3 saturated carbocycles. The fraction of sp³-hybridized carbons (Fsp3) is 0.462. The maximum absolute atomic E-state index is 12.6. The Kier molecular flexibility index (Phi) is 8.47. The fourth-order valence-electron chi connectivity index (χ4n) is 5.08. The topological polar surface area (TPSA) is 115 Å². The lowest BCUT2D eigenvalue weighted by atomic mass is 9.60. The van der Waals surface area contributed by atoms with Crippen LogP contribution < -0.4 is 29.6 Å². The number of alkyl halides is 6. The van der Waals surface area contributed by atoms with E-state index in [1.54, 1.807) is 0 Å². The number of aliphatic hydroxyl groups is 1. The number of halogens is 6. The Hall–Kier alpha value is -3.88. The molecule has 0 radical (unpaired) electrons. The Balaban J connectivity index is 1.22. The zero-order chi connectivity index (χ0) is 29.9. The molecule has 0 aliphatic heterocycles. The number of aliphatic hydroxyl groups excluding tert-OH is 1. The Bertz CT molecular complexity index is 1210. The largest absolute Gasteiger partial charge is 0.573 e. The van der Waals surface area contributed by atoms with Gasteiger partial charge in [-0.2, -0.15) is 0 Å². The van der Waals surface area contributed by atoms with Gasteiger partial charge in [0.25, 0.3) is 11.8 Å². The van der Waals surface area contributed by atoms with Crippen LogP contribution in [0.25, 0.3) is 0 Å². The molecule has 41 heavy (non-hydrogen) atoms. The van der Waals surface area contributed by atoms with Crippen molar-refractivity contribution in [2.45, 2.75) is 62.0 Å². The summed E-state index contributed by atoms with van der Waals surface area (Å²) in [5, 5.41) is 16.6. The van der Waals surface area contributed by atoms with E-state index in [2.05, 4.69) is 20.1 Å². The summed E-state index contributed by atoms with van der Waals surface area (Å²) < 4.78 is 91.9. The Morgan fingerprint density at radius 1 is 0.707 bits per heavy atom. The van der Waals surface area contributed by atoms with E-state index in [0.29, 0.717) is 25.7 Å². The number of hydrogen-bond acceptors (Lipinski definition) is 7. The first-order chi connectivity index (χ1) is 19.1. The van der Waals surface area contributed by atoms with Gasteiger partial charge in [0, 0.05) is 5.54 Å². The van der Waals surface area contributed by atoms with Crippen molar-refractivity contribution < 1.29 is 60.0 Å². The van der Waals surface area contributed by atoms with Crippen LogP contribution in [-0.4, -0.2) is 60.0 Å². The standard InChI is InChI=1S/C26H26F6N2O7/c27-25(28,29)40-18-5-1-16(2-6-18)38-14-21(36)33-23-9-11-24(12-10-23,20(35)13-23)34-22(37)15-39-17-3-7-19(8-4-17)41-26(30,31)32/h1-8,20,35H,9-15H2,(H,33,36)(H,34,37)/t20-,23?,24?/m1/s1. The predicted octanol–water partition coefficient (Wildman–Crippen LogP) is 3.99. The molecule has 3 fully saturated rings. The van der Waals surface area contributed by atoms with Crippen LogP contribution in [0.2, 0.25) is 0 Å². The van der Waals surface area contributed by atoms with Crippen molar-refractivity contribution in [1.29, 1.82) is 0 Å². The van der Waals surface area contributed by atoms with Gasteiger partial charge in [-0.25, -0.2) is 0 Å². The number of benzene rings is 2. The molecule has 2 aromatic rings. The molecule has 9 nitrogen and oxygen atoms in total. The van der Waals surface area contributed by atoms with Crippen molar-refractivity contribution in [3.63, 3.8) is 0 Å². The van der Waals surface area contributed by atoms with Gasteiger partial charge in [-0.15, -0.1) is 26.3 Å². The highest BCUT2D eigenvalue weighted by Crippen LogP contribution is 2.47. The minimum absolute atomic E-state index is 0.148. The predicted molar refractivity (Wildman–Crippen MR) is 128 cm³/mol. The lowest BCUT2D eigenvalue weighted by Gasteiger charge is -2.56. The zero-order valence-corrected chi connectivity index (χ0v) is 21.3. The van der Waals surface area contributed by atoms with E-state index in [0.717, 1.165) is 24.3 Å². The molecular formula is C26H26F6N2O7. The van der Waals surface area contributed by atoms with Gasteiger partial charge in [0.15, 0.2) is 13.2 Å². The summed E-state index contributed by atoms with van der Waals surface area (Å²) in [7, 11) is 0. The molecule has 0 unspecified atom stereocenters. The highest BCUT2D eigenvalue weighted by molar-refractivity contribution is 5.79.